The van der Waals surface area contributed by atoms with E-state index in [1.165, 1.54) is 0 Å². The van der Waals surface area contributed by atoms with Crippen LogP contribution in [0.5, 0.6) is 5.75 Å². The second kappa shape index (κ2) is 6.41. The molecule has 1 atom stereocenters. The second-order valence-electron chi connectivity index (χ2n) is 4.07. The fraction of sp³-hybridized carbons (Fsp3) is 0.143. The summed E-state index contributed by atoms with van der Waals surface area (Å²) in [6.45, 7) is 0.170. The van der Waals surface area contributed by atoms with Crippen molar-refractivity contribution in [1.29, 1.82) is 0 Å². The minimum Gasteiger partial charge on any atom is -0.490 e. The fourth-order valence-electron chi connectivity index (χ4n) is 1.64. The van der Waals surface area contributed by atoms with Crippen LogP contribution in [0.3, 0.4) is 0 Å². The largest absolute Gasteiger partial charge is 0.490 e. The van der Waals surface area contributed by atoms with E-state index in [1.807, 2.05) is 24.3 Å². The lowest BCUT2D eigenvalue weighted by Gasteiger charge is -2.14. The van der Waals surface area contributed by atoms with Crippen LogP contribution in [0.15, 0.2) is 51.4 Å². The van der Waals surface area contributed by atoms with E-state index in [2.05, 4.69) is 31.9 Å². The smallest absolute Gasteiger partial charge is 0.121 e. The zero-order chi connectivity index (χ0) is 13.8. The minimum atomic E-state index is -0.705. The third-order valence-electron chi connectivity index (χ3n) is 2.59. The topological polar surface area (TPSA) is 55.5 Å². The number of anilines is 1. The molecule has 5 heteroatoms. The Labute approximate surface area is 128 Å². The summed E-state index contributed by atoms with van der Waals surface area (Å²) in [4.78, 5) is 0. The lowest BCUT2D eigenvalue weighted by molar-refractivity contribution is 0.107. The van der Waals surface area contributed by atoms with Crippen LogP contribution >= 0.6 is 31.9 Å². The van der Waals surface area contributed by atoms with Crippen molar-refractivity contribution in [2.45, 2.75) is 6.10 Å². The zero-order valence-electron chi connectivity index (χ0n) is 10.0. The lowest BCUT2D eigenvalue weighted by Crippen LogP contribution is -2.10. The molecule has 3 N–H and O–H groups in total. The first-order valence-electron chi connectivity index (χ1n) is 5.67. The van der Waals surface area contributed by atoms with Crippen LogP contribution < -0.4 is 10.5 Å². The van der Waals surface area contributed by atoms with Crippen molar-refractivity contribution in [3.63, 3.8) is 0 Å². The van der Waals surface area contributed by atoms with Crippen molar-refractivity contribution >= 4 is 37.5 Å². The predicted molar refractivity (Wildman–Crippen MR) is 83.2 cm³/mol. The highest BCUT2D eigenvalue weighted by atomic mass is 79.9. The lowest BCUT2D eigenvalue weighted by atomic mass is 10.1. The van der Waals surface area contributed by atoms with Crippen LogP contribution in [0, 0.1) is 0 Å². The monoisotopic (exact) mass is 385 g/mol. The summed E-state index contributed by atoms with van der Waals surface area (Å²) < 4.78 is 7.32. The molecular weight excluding hydrogens is 374 g/mol. The third kappa shape index (κ3) is 3.96. The van der Waals surface area contributed by atoms with E-state index in [4.69, 9.17) is 10.5 Å². The molecule has 0 amide bonds. The van der Waals surface area contributed by atoms with Gasteiger partial charge < -0.3 is 15.6 Å². The number of halogens is 2. The molecule has 0 aliphatic rings. The summed E-state index contributed by atoms with van der Waals surface area (Å²) in [6.07, 6.45) is -0.705. The Morgan fingerprint density at radius 3 is 2.63 bits per heavy atom. The Morgan fingerprint density at radius 2 is 1.95 bits per heavy atom. The van der Waals surface area contributed by atoms with Gasteiger partial charge in [0.1, 0.15) is 18.5 Å². The van der Waals surface area contributed by atoms with Crippen molar-refractivity contribution in [3.05, 3.63) is 57.0 Å². The molecule has 0 saturated carbocycles. The van der Waals surface area contributed by atoms with Gasteiger partial charge in [0.2, 0.25) is 0 Å². The van der Waals surface area contributed by atoms with E-state index < -0.39 is 6.10 Å². The maximum atomic E-state index is 10.1. The third-order valence-corrected chi connectivity index (χ3v) is 3.77. The van der Waals surface area contributed by atoms with Gasteiger partial charge in [0.15, 0.2) is 0 Å². The molecule has 2 rings (SSSR count). The summed E-state index contributed by atoms with van der Waals surface area (Å²) >= 11 is 6.79. The maximum Gasteiger partial charge on any atom is 0.121 e. The Kier molecular flexibility index (Phi) is 4.85. The van der Waals surface area contributed by atoms with Gasteiger partial charge in [-0.15, -0.1) is 0 Å². The van der Waals surface area contributed by atoms with E-state index in [1.54, 1.807) is 18.2 Å². The highest BCUT2D eigenvalue weighted by Crippen LogP contribution is 2.27. The summed E-state index contributed by atoms with van der Waals surface area (Å²) in [5.74, 6) is 0.646. The quantitative estimate of drug-likeness (QED) is 0.783. The number of nitrogen functional groups attached to an aromatic ring is 1. The average Bonchev–Trinajstić information content (AvgIpc) is 2.36. The minimum absolute atomic E-state index is 0.170. The van der Waals surface area contributed by atoms with Crippen molar-refractivity contribution < 1.29 is 9.84 Å². The summed E-state index contributed by atoms with van der Waals surface area (Å²) in [5.41, 5.74) is 7.08. The van der Waals surface area contributed by atoms with Crippen LogP contribution in [-0.4, -0.2) is 11.7 Å². The zero-order valence-corrected chi connectivity index (χ0v) is 13.2. The molecule has 2 aromatic carbocycles. The van der Waals surface area contributed by atoms with Gasteiger partial charge >= 0.3 is 0 Å². The molecule has 2 aromatic rings. The number of hydrogen-bond donors (Lipinski definition) is 2. The van der Waals surface area contributed by atoms with Gasteiger partial charge in [0.25, 0.3) is 0 Å². The average molecular weight is 387 g/mol. The van der Waals surface area contributed by atoms with Crippen LogP contribution in [0.4, 0.5) is 5.69 Å². The first-order chi connectivity index (χ1) is 9.06. The normalized spacial score (nSPS) is 12.2. The van der Waals surface area contributed by atoms with Gasteiger partial charge in [-0.1, -0.05) is 44.0 Å². The Balaban J connectivity index is 2.03. The molecule has 0 bridgehead atoms. The molecule has 0 radical (unpaired) electrons. The van der Waals surface area contributed by atoms with E-state index in [-0.39, 0.29) is 6.61 Å². The Hall–Kier alpha value is -1.04. The predicted octanol–water partition coefficient (Wildman–Crippen LogP) is 3.91. The number of ether oxygens (including phenoxy) is 1. The van der Waals surface area contributed by atoms with E-state index in [9.17, 15) is 5.11 Å². The standard InChI is InChI=1S/C14H13Br2NO2/c15-9-4-5-12(13(16)6-9)14(18)8-19-11-3-1-2-10(17)7-11/h1-7,14,18H,8,17H2. The van der Waals surface area contributed by atoms with Crippen molar-refractivity contribution in [2.24, 2.45) is 0 Å². The molecule has 0 fully saturated rings. The number of aliphatic hydroxyl groups is 1. The van der Waals surface area contributed by atoms with Crippen LogP contribution in [0.2, 0.25) is 0 Å². The van der Waals surface area contributed by atoms with Gasteiger partial charge in [-0.2, -0.15) is 0 Å². The van der Waals surface area contributed by atoms with Crippen LogP contribution in [-0.2, 0) is 0 Å². The number of rotatable bonds is 4. The van der Waals surface area contributed by atoms with Crippen molar-refractivity contribution in [3.8, 4) is 5.75 Å². The van der Waals surface area contributed by atoms with Gasteiger partial charge in [-0.05, 0) is 29.8 Å². The van der Waals surface area contributed by atoms with E-state index >= 15 is 0 Å². The molecule has 100 valence electrons. The Bertz CT molecular complexity index is 575. The first-order valence-corrected chi connectivity index (χ1v) is 7.26. The van der Waals surface area contributed by atoms with Gasteiger partial charge in [-0.3, -0.25) is 0 Å². The SMILES string of the molecule is Nc1cccc(OCC(O)c2ccc(Br)cc2Br)c1. The number of benzene rings is 2. The summed E-state index contributed by atoms with van der Waals surface area (Å²) in [7, 11) is 0. The van der Waals surface area contributed by atoms with Gasteiger partial charge in [0.05, 0.1) is 0 Å². The molecule has 0 spiro atoms. The maximum absolute atomic E-state index is 10.1. The molecular formula is C14H13Br2NO2. The molecule has 0 saturated heterocycles. The highest BCUT2D eigenvalue weighted by molar-refractivity contribution is 9.11. The van der Waals surface area contributed by atoms with Crippen molar-refractivity contribution in [2.75, 3.05) is 12.3 Å². The molecule has 0 aliphatic heterocycles. The van der Waals surface area contributed by atoms with E-state index in [0.29, 0.717) is 11.4 Å². The van der Waals surface area contributed by atoms with Crippen LogP contribution in [0.1, 0.15) is 11.7 Å². The highest BCUT2D eigenvalue weighted by Gasteiger charge is 2.12. The summed E-state index contributed by atoms with van der Waals surface area (Å²) in [6, 6.07) is 12.7. The van der Waals surface area contributed by atoms with E-state index in [0.717, 1.165) is 14.5 Å². The fourth-order valence-corrected chi connectivity index (χ4v) is 2.95. The molecule has 19 heavy (non-hydrogen) atoms. The second-order valence-corrected chi connectivity index (χ2v) is 5.84. The molecule has 1 unspecified atom stereocenters. The number of hydrogen-bond acceptors (Lipinski definition) is 3. The first kappa shape index (κ1) is 14.4. The van der Waals surface area contributed by atoms with Crippen LogP contribution in [0.25, 0.3) is 0 Å². The number of nitrogens with two attached hydrogens (primary N) is 1. The van der Waals surface area contributed by atoms with Crippen molar-refractivity contribution in [1.82, 2.24) is 0 Å². The van der Waals surface area contributed by atoms with Gasteiger partial charge in [0, 0.05) is 20.7 Å². The Morgan fingerprint density at radius 1 is 1.16 bits per heavy atom. The molecule has 0 aromatic heterocycles. The molecule has 0 heterocycles. The number of aliphatic hydroxyl groups excluding tert-OH is 1. The van der Waals surface area contributed by atoms with Gasteiger partial charge in [-0.25, -0.2) is 0 Å². The molecule has 3 nitrogen and oxygen atoms in total. The molecule has 0 aliphatic carbocycles. The summed E-state index contributed by atoms with van der Waals surface area (Å²) in [5, 5.41) is 10.1.